The van der Waals surface area contributed by atoms with Gasteiger partial charge < -0.3 is 9.72 Å². The zero-order chi connectivity index (χ0) is 16.3. The van der Waals surface area contributed by atoms with Gasteiger partial charge in [-0.3, -0.25) is 14.9 Å². The van der Waals surface area contributed by atoms with Crippen molar-refractivity contribution in [2.75, 3.05) is 0 Å². The fourth-order valence-electron chi connectivity index (χ4n) is 1.90. The SMILES string of the molecule is CC(=O)c1c[nH]c(C(=O)O[C@H](C)c2cccc([N+](=O)[O-])c2)c1. The minimum absolute atomic E-state index is 0.0702. The monoisotopic (exact) mass is 302 g/mol. The predicted molar refractivity (Wildman–Crippen MR) is 77.7 cm³/mol. The molecule has 1 aromatic carbocycles. The summed E-state index contributed by atoms with van der Waals surface area (Å²) in [5.74, 6) is -0.798. The Bertz CT molecular complexity index is 735. The van der Waals surface area contributed by atoms with E-state index < -0.39 is 17.0 Å². The van der Waals surface area contributed by atoms with Crippen molar-refractivity contribution in [1.29, 1.82) is 0 Å². The molecule has 1 heterocycles. The van der Waals surface area contributed by atoms with Gasteiger partial charge >= 0.3 is 5.97 Å². The maximum Gasteiger partial charge on any atom is 0.355 e. The van der Waals surface area contributed by atoms with Crippen molar-refractivity contribution in [3.63, 3.8) is 0 Å². The van der Waals surface area contributed by atoms with Crippen molar-refractivity contribution >= 4 is 17.4 Å². The summed E-state index contributed by atoms with van der Waals surface area (Å²) in [5.41, 5.74) is 0.984. The van der Waals surface area contributed by atoms with Gasteiger partial charge in [0.2, 0.25) is 0 Å². The van der Waals surface area contributed by atoms with Gasteiger partial charge in [0.25, 0.3) is 5.69 Å². The van der Waals surface area contributed by atoms with E-state index in [2.05, 4.69) is 4.98 Å². The topological polar surface area (TPSA) is 102 Å². The molecule has 22 heavy (non-hydrogen) atoms. The number of aromatic nitrogens is 1. The van der Waals surface area contributed by atoms with Crippen molar-refractivity contribution < 1.29 is 19.2 Å². The van der Waals surface area contributed by atoms with Crippen LogP contribution in [-0.4, -0.2) is 21.7 Å². The average molecular weight is 302 g/mol. The summed E-state index contributed by atoms with van der Waals surface area (Å²) >= 11 is 0. The third kappa shape index (κ3) is 3.38. The van der Waals surface area contributed by atoms with Crippen molar-refractivity contribution in [1.82, 2.24) is 4.98 Å². The summed E-state index contributed by atoms with van der Waals surface area (Å²) in [6.07, 6.45) is 0.771. The standard InChI is InChI=1S/C15H14N2O5/c1-9(18)12-7-14(16-8-12)15(19)22-10(2)11-4-3-5-13(6-11)17(20)21/h3-8,10,16H,1-2H3/t10-/m1/s1. The van der Waals surface area contributed by atoms with Crippen LogP contribution in [0.1, 0.15) is 46.4 Å². The van der Waals surface area contributed by atoms with Crippen molar-refractivity contribution in [2.24, 2.45) is 0 Å². The van der Waals surface area contributed by atoms with E-state index in [4.69, 9.17) is 4.74 Å². The van der Waals surface area contributed by atoms with Crippen molar-refractivity contribution in [3.05, 3.63) is 63.5 Å². The molecule has 2 rings (SSSR count). The molecule has 0 saturated carbocycles. The second kappa shape index (κ2) is 6.21. The number of nitro benzene ring substituents is 1. The number of Topliss-reactive ketones (excluding diaryl/α,β-unsaturated/α-hetero) is 1. The Kier molecular flexibility index (Phi) is 4.36. The first kappa shape index (κ1) is 15.4. The van der Waals surface area contributed by atoms with Crippen molar-refractivity contribution in [2.45, 2.75) is 20.0 Å². The normalized spacial score (nSPS) is 11.7. The van der Waals surface area contributed by atoms with Gasteiger partial charge in [0.15, 0.2) is 5.78 Å². The minimum atomic E-state index is -0.656. The minimum Gasteiger partial charge on any atom is -0.453 e. The maximum absolute atomic E-state index is 12.0. The van der Waals surface area contributed by atoms with Gasteiger partial charge in [0.05, 0.1) is 4.92 Å². The summed E-state index contributed by atoms with van der Waals surface area (Å²) in [5, 5.41) is 10.7. The zero-order valence-corrected chi connectivity index (χ0v) is 12.0. The van der Waals surface area contributed by atoms with Crippen LogP contribution in [-0.2, 0) is 4.74 Å². The number of rotatable bonds is 5. The molecule has 114 valence electrons. The Morgan fingerprint density at radius 2 is 2.05 bits per heavy atom. The molecular weight excluding hydrogens is 288 g/mol. The van der Waals surface area contributed by atoms with E-state index in [9.17, 15) is 19.7 Å². The Morgan fingerprint density at radius 3 is 2.64 bits per heavy atom. The quantitative estimate of drug-likeness (QED) is 0.396. The Morgan fingerprint density at radius 1 is 1.32 bits per heavy atom. The highest BCUT2D eigenvalue weighted by Gasteiger charge is 2.18. The summed E-state index contributed by atoms with van der Waals surface area (Å²) in [6.45, 7) is 3.01. The molecule has 0 radical (unpaired) electrons. The number of nitrogens with zero attached hydrogens (tertiary/aromatic N) is 1. The number of carbonyl (C=O) groups excluding carboxylic acids is 2. The molecule has 0 unspecified atom stereocenters. The van der Waals surface area contributed by atoms with E-state index in [0.29, 0.717) is 11.1 Å². The van der Waals surface area contributed by atoms with Crippen LogP contribution >= 0.6 is 0 Å². The smallest absolute Gasteiger partial charge is 0.355 e. The third-order valence-corrected chi connectivity index (χ3v) is 3.14. The molecule has 0 spiro atoms. The summed E-state index contributed by atoms with van der Waals surface area (Å²) < 4.78 is 5.25. The number of benzene rings is 1. The van der Waals surface area contributed by atoms with Gasteiger partial charge in [-0.05, 0) is 25.5 Å². The molecule has 7 heteroatoms. The Balaban J connectivity index is 2.12. The lowest BCUT2D eigenvalue weighted by molar-refractivity contribution is -0.385. The fraction of sp³-hybridized carbons (Fsp3) is 0.200. The van der Waals surface area contributed by atoms with E-state index >= 15 is 0 Å². The number of ketones is 1. The second-order valence-corrected chi connectivity index (χ2v) is 4.76. The number of nitro groups is 1. The number of nitrogens with one attached hydrogen (secondary N) is 1. The maximum atomic E-state index is 12.0. The zero-order valence-electron chi connectivity index (χ0n) is 12.0. The molecule has 0 aliphatic rings. The van der Waals surface area contributed by atoms with Crippen LogP contribution in [0, 0.1) is 10.1 Å². The van der Waals surface area contributed by atoms with E-state index in [1.165, 1.54) is 37.4 Å². The second-order valence-electron chi connectivity index (χ2n) is 4.76. The molecule has 0 aliphatic carbocycles. The van der Waals surface area contributed by atoms with E-state index in [1.54, 1.807) is 13.0 Å². The summed E-state index contributed by atoms with van der Waals surface area (Å²) in [7, 11) is 0. The molecular formula is C15H14N2O5. The van der Waals surface area contributed by atoms with Gasteiger partial charge in [-0.2, -0.15) is 0 Å². The first-order valence-electron chi connectivity index (χ1n) is 6.53. The highest BCUT2D eigenvalue weighted by molar-refractivity contribution is 5.97. The Hall–Kier alpha value is -2.96. The summed E-state index contributed by atoms with van der Waals surface area (Å²) in [4.78, 5) is 36.1. The van der Waals surface area contributed by atoms with E-state index in [-0.39, 0.29) is 17.2 Å². The van der Waals surface area contributed by atoms with Crippen LogP contribution in [0.3, 0.4) is 0 Å². The molecule has 1 N–H and O–H groups in total. The van der Waals surface area contributed by atoms with Crippen LogP contribution in [0.25, 0.3) is 0 Å². The first-order chi connectivity index (χ1) is 10.4. The molecule has 0 aliphatic heterocycles. The lowest BCUT2D eigenvalue weighted by Gasteiger charge is -2.12. The van der Waals surface area contributed by atoms with Crippen LogP contribution in [0.4, 0.5) is 5.69 Å². The number of H-pyrrole nitrogens is 1. The molecule has 0 bridgehead atoms. The number of carbonyl (C=O) groups is 2. The van der Waals surface area contributed by atoms with Crippen LogP contribution < -0.4 is 0 Å². The van der Waals surface area contributed by atoms with E-state index in [1.807, 2.05) is 0 Å². The number of hydrogen-bond acceptors (Lipinski definition) is 5. The van der Waals surface area contributed by atoms with Crippen LogP contribution in [0.5, 0.6) is 0 Å². The highest BCUT2D eigenvalue weighted by atomic mass is 16.6. The lowest BCUT2D eigenvalue weighted by atomic mass is 10.1. The molecule has 0 fully saturated rings. The Labute approximate surface area is 126 Å². The molecule has 7 nitrogen and oxygen atoms in total. The molecule has 1 aromatic heterocycles. The van der Waals surface area contributed by atoms with Crippen molar-refractivity contribution in [3.8, 4) is 0 Å². The van der Waals surface area contributed by atoms with Gasteiger partial charge in [-0.15, -0.1) is 0 Å². The highest BCUT2D eigenvalue weighted by Crippen LogP contribution is 2.22. The van der Waals surface area contributed by atoms with Gasteiger partial charge in [-0.25, -0.2) is 4.79 Å². The molecule has 0 saturated heterocycles. The largest absolute Gasteiger partial charge is 0.453 e. The number of aromatic amines is 1. The molecule has 2 aromatic rings. The molecule has 1 atom stereocenters. The van der Waals surface area contributed by atoms with E-state index in [0.717, 1.165) is 0 Å². The van der Waals surface area contributed by atoms with Gasteiger partial charge in [0, 0.05) is 23.9 Å². The fourth-order valence-corrected chi connectivity index (χ4v) is 1.90. The third-order valence-electron chi connectivity index (χ3n) is 3.14. The summed E-state index contributed by atoms with van der Waals surface area (Å²) in [6, 6.07) is 7.29. The number of esters is 1. The number of ether oxygens (including phenoxy) is 1. The van der Waals surface area contributed by atoms with Crippen LogP contribution in [0.15, 0.2) is 36.5 Å². The average Bonchev–Trinajstić information content (AvgIpc) is 2.97. The number of non-ortho nitro benzene ring substituents is 1. The van der Waals surface area contributed by atoms with Crippen LogP contribution in [0.2, 0.25) is 0 Å². The molecule has 0 amide bonds. The van der Waals surface area contributed by atoms with Gasteiger partial charge in [-0.1, -0.05) is 12.1 Å². The first-order valence-corrected chi connectivity index (χ1v) is 6.53. The predicted octanol–water partition coefficient (Wildman–Crippen LogP) is 3.04. The number of hydrogen-bond donors (Lipinski definition) is 1. The lowest BCUT2D eigenvalue weighted by Crippen LogP contribution is -2.09. The van der Waals surface area contributed by atoms with Gasteiger partial charge in [0.1, 0.15) is 11.8 Å².